The summed E-state index contributed by atoms with van der Waals surface area (Å²) in [5, 5.41) is 30.0. The summed E-state index contributed by atoms with van der Waals surface area (Å²) in [6, 6.07) is 13.3. The second kappa shape index (κ2) is 7.26. The zero-order valence-electron chi connectivity index (χ0n) is 12.2. The highest BCUT2D eigenvalue weighted by atomic mass is 16.7. The van der Waals surface area contributed by atoms with Crippen LogP contribution >= 0.6 is 0 Å². The van der Waals surface area contributed by atoms with Crippen molar-refractivity contribution in [2.24, 2.45) is 0 Å². The third-order valence-electron chi connectivity index (χ3n) is 3.41. The van der Waals surface area contributed by atoms with E-state index >= 15 is 0 Å². The number of phenolic OH excluding ortho intramolecular Hbond substituents is 1. The van der Waals surface area contributed by atoms with E-state index in [4.69, 9.17) is 0 Å². The van der Waals surface area contributed by atoms with Gasteiger partial charge in [0.2, 0.25) is 0 Å². The Morgan fingerprint density at radius 2 is 1.70 bits per heavy atom. The molecule has 2 aromatic rings. The fraction of sp³-hybridized carbons (Fsp3) is 0.188. The van der Waals surface area contributed by atoms with Crippen LogP contribution in [0, 0.1) is 10.1 Å². The van der Waals surface area contributed by atoms with Crippen LogP contribution in [-0.2, 0) is 17.8 Å². The summed E-state index contributed by atoms with van der Waals surface area (Å²) in [6.45, 7) is -0.108. The molecule has 0 radical (unpaired) electrons. The van der Waals surface area contributed by atoms with Gasteiger partial charge in [0, 0.05) is 6.42 Å². The largest absolute Gasteiger partial charge is 0.508 e. The first-order valence-corrected chi connectivity index (χ1v) is 6.93. The molecule has 7 nitrogen and oxygen atoms in total. The van der Waals surface area contributed by atoms with Crippen LogP contribution in [0.15, 0.2) is 54.6 Å². The number of rotatable bonds is 7. The molecular formula is C16H16N2O5. The maximum Gasteiger partial charge on any atom is 0.332 e. The lowest BCUT2D eigenvalue weighted by atomic mass is 10.0. The molecular weight excluding hydrogens is 300 g/mol. The summed E-state index contributed by atoms with van der Waals surface area (Å²) in [5.74, 6) is -1.22. The van der Waals surface area contributed by atoms with Gasteiger partial charge in [-0.25, -0.2) is 14.9 Å². The number of carboxylic acids is 1. The number of benzene rings is 2. The van der Waals surface area contributed by atoms with Gasteiger partial charge in [-0.1, -0.05) is 42.5 Å². The number of carbonyl (C=O) groups is 1. The minimum Gasteiger partial charge on any atom is -0.508 e. The van der Waals surface area contributed by atoms with Crippen molar-refractivity contribution in [1.29, 1.82) is 0 Å². The lowest BCUT2D eigenvalue weighted by Gasteiger charge is -2.21. The van der Waals surface area contributed by atoms with Gasteiger partial charge in [-0.15, -0.1) is 5.01 Å². The topological polar surface area (TPSA) is 104 Å². The van der Waals surface area contributed by atoms with Crippen molar-refractivity contribution >= 4 is 5.97 Å². The van der Waals surface area contributed by atoms with E-state index in [1.165, 1.54) is 12.1 Å². The zero-order valence-corrected chi connectivity index (χ0v) is 12.2. The monoisotopic (exact) mass is 316 g/mol. The molecule has 0 fully saturated rings. The second-order valence-corrected chi connectivity index (χ2v) is 5.05. The Balaban J connectivity index is 2.22. The third-order valence-corrected chi connectivity index (χ3v) is 3.41. The average Bonchev–Trinajstić information content (AvgIpc) is 2.53. The van der Waals surface area contributed by atoms with Crippen LogP contribution in [0.4, 0.5) is 0 Å². The molecule has 7 heteroatoms. The highest BCUT2D eigenvalue weighted by Crippen LogP contribution is 2.16. The predicted octanol–water partition coefficient (Wildman–Crippen LogP) is 2.08. The molecule has 120 valence electrons. The van der Waals surface area contributed by atoms with E-state index in [0.29, 0.717) is 16.1 Å². The molecule has 0 spiro atoms. The molecule has 23 heavy (non-hydrogen) atoms. The smallest absolute Gasteiger partial charge is 0.332 e. The second-order valence-electron chi connectivity index (χ2n) is 5.05. The van der Waals surface area contributed by atoms with E-state index in [0.717, 1.165) is 0 Å². The normalized spacial score (nSPS) is 11.7. The first-order valence-electron chi connectivity index (χ1n) is 6.93. The number of carboxylic acid groups (broad SMARTS) is 1. The summed E-state index contributed by atoms with van der Waals surface area (Å²) < 4.78 is 0. The van der Waals surface area contributed by atoms with Crippen LogP contribution in [0.3, 0.4) is 0 Å². The SMILES string of the molecule is O=C(O)[C@H](Cc1ccc(O)cc1)N(Cc1ccccc1)[N+](=O)[O-]. The van der Waals surface area contributed by atoms with Crippen molar-refractivity contribution in [2.45, 2.75) is 19.0 Å². The molecule has 0 aliphatic heterocycles. The van der Waals surface area contributed by atoms with Crippen molar-refractivity contribution in [3.05, 3.63) is 75.8 Å². The molecule has 0 saturated heterocycles. The molecule has 2 aromatic carbocycles. The van der Waals surface area contributed by atoms with Gasteiger partial charge < -0.3 is 10.2 Å². The average molecular weight is 316 g/mol. The molecule has 0 aromatic heterocycles. The number of aliphatic carboxylic acids is 1. The number of nitrogens with zero attached hydrogens (tertiary/aromatic N) is 2. The molecule has 0 unspecified atom stereocenters. The molecule has 2 N–H and O–H groups in total. The van der Waals surface area contributed by atoms with E-state index < -0.39 is 17.0 Å². The number of hydrogen-bond acceptors (Lipinski definition) is 4. The van der Waals surface area contributed by atoms with Gasteiger partial charge >= 0.3 is 5.97 Å². The van der Waals surface area contributed by atoms with Gasteiger partial charge in [-0.3, -0.25) is 0 Å². The molecule has 0 amide bonds. The van der Waals surface area contributed by atoms with E-state index in [9.17, 15) is 25.1 Å². The van der Waals surface area contributed by atoms with E-state index in [1.807, 2.05) is 0 Å². The van der Waals surface area contributed by atoms with Gasteiger partial charge in [-0.05, 0) is 23.3 Å². The molecule has 2 rings (SSSR count). The highest BCUT2D eigenvalue weighted by molar-refractivity contribution is 5.73. The Bertz CT molecular complexity index is 673. The van der Waals surface area contributed by atoms with Crippen LogP contribution < -0.4 is 0 Å². The summed E-state index contributed by atoms with van der Waals surface area (Å²) in [5.41, 5.74) is 1.25. The molecule has 0 heterocycles. The zero-order chi connectivity index (χ0) is 16.8. The molecule has 0 saturated carbocycles. The lowest BCUT2D eigenvalue weighted by molar-refractivity contribution is -0.665. The van der Waals surface area contributed by atoms with Crippen molar-refractivity contribution < 1.29 is 20.0 Å². The maximum atomic E-state index is 11.5. The molecule has 0 aliphatic carbocycles. The van der Waals surface area contributed by atoms with E-state index in [1.54, 1.807) is 42.5 Å². The fourth-order valence-corrected chi connectivity index (χ4v) is 2.23. The van der Waals surface area contributed by atoms with Crippen LogP contribution in [0.1, 0.15) is 11.1 Å². The number of aromatic hydroxyl groups is 1. The van der Waals surface area contributed by atoms with Gasteiger partial charge in [-0.2, -0.15) is 0 Å². The Kier molecular flexibility index (Phi) is 5.14. The molecule has 0 bridgehead atoms. The summed E-state index contributed by atoms with van der Waals surface area (Å²) in [6.07, 6.45) is -0.0383. The fourth-order valence-electron chi connectivity index (χ4n) is 2.23. The Morgan fingerprint density at radius 3 is 2.22 bits per heavy atom. The third kappa shape index (κ3) is 4.44. The Labute approximate surface area is 132 Å². The summed E-state index contributed by atoms with van der Waals surface area (Å²) >= 11 is 0. The van der Waals surface area contributed by atoms with Crippen molar-refractivity contribution in [1.82, 2.24) is 5.01 Å². The summed E-state index contributed by atoms with van der Waals surface area (Å²) in [7, 11) is 0. The Morgan fingerprint density at radius 1 is 1.09 bits per heavy atom. The van der Waals surface area contributed by atoms with Crippen LogP contribution in [-0.4, -0.2) is 32.3 Å². The van der Waals surface area contributed by atoms with Gasteiger partial charge in [0.05, 0.1) is 0 Å². The number of hydrazine groups is 1. The first-order chi connectivity index (χ1) is 11.0. The molecule has 1 atom stereocenters. The predicted molar refractivity (Wildman–Crippen MR) is 82.2 cm³/mol. The minimum absolute atomic E-state index is 0.0383. The van der Waals surface area contributed by atoms with E-state index in [2.05, 4.69) is 0 Å². The van der Waals surface area contributed by atoms with Crippen molar-refractivity contribution in [3.8, 4) is 5.75 Å². The highest BCUT2D eigenvalue weighted by Gasteiger charge is 2.33. The van der Waals surface area contributed by atoms with Crippen molar-refractivity contribution in [3.63, 3.8) is 0 Å². The van der Waals surface area contributed by atoms with Gasteiger partial charge in [0.25, 0.3) is 0 Å². The van der Waals surface area contributed by atoms with Gasteiger partial charge in [0.15, 0.2) is 11.1 Å². The van der Waals surface area contributed by atoms with Crippen LogP contribution in [0.2, 0.25) is 0 Å². The van der Waals surface area contributed by atoms with Crippen LogP contribution in [0.25, 0.3) is 0 Å². The number of hydrogen-bond donors (Lipinski definition) is 2. The Hall–Kier alpha value is -3.09. The van der Waals surface area contributed by atoms with E-state index in [-0.39, 0.29) is 18.7 Å². The quantitative estimate of drug-likeness (QED) is 0.598. The van der Waals surface area contributed by atoms with Crippen LogP contribution in [0.5, 0.6) is 5.75 Å². The maximum absolute atomic E-state index is 11.5. The number of nitro groups is 1. The lowest BCUT2D eigenvalue weighted by Crippen LogP contribution is -2.45. The standard InChI is InChI=1S/C16H16N2O5/c19-14-8-6-12(7-9-14)10-15(16(20)21)17(18(22)23)11-13-4-2-1-3-5-13/h1-9,15,19H,10-11H2,(H,20,21)/t15-/m0/s1. The van der Waals surface area contributed by atoms with Crippen molar-refractivity contribution in [2.75, 3.05) is 0 Å². The summed E-state index contributed by atoms with van der Waals surface area (Å²) in [4.78, 5) is 22.8. The minimum atomic E-state index is -1.31. The first kappa shape index (κ1) is 16.3. The van der Waals surface area contributed by atoms with Gasteiger partial charge in [0.1, 0.15) is 12.3 Å². The molecule has 0 aliphatic rings. The number of phenols is 1.